The van der Waals surface area contributed by atoms with E-state index >= 15 is 0 Å². The molecule has 0 atom stereocenters. The van der Waals surface area contributed by atoms with Crippen LogP contribution in [0, 0.1) is 0 Å². The van der Waals surface area contributed by atoms with Crippen LogP contribution in [-0.4, -0.2) is 35.6 Å². The number of carboxylic acid groups (broad SMARTS) is 1. The quantitative estimate of drug-likeness (QED) is 0.616. The first-order valence-corrected chi connectivity index (χ1v) is 4.04. The van der Waals surface area contributed by atoms with Gasteiger partial charge in [-0.2, -0.15) is 0 Å². The Morgan fingerprint density at radius 1 is 1.43 bits per heavy atom. The van der Waals surface area contributed by atoms with Gasteiger partial charge in [-0.15, -0.1) is 0 Å². The first kappa shape index (κ1) is 10.7. The van der Waals surface area contributed by atoms with Gasteiger partial charge in [0.05, 0.1) is 6.54 Å². The Kier molecular flexibility index (Phi) is 2.87. The molecule has 5 nitrogen and oxygen atoms in total. The van der Waals surface area contributed by atoms with Gasteiger partial charge in [0.15, 0.2) is 0 Å². The van der Waals surface area contributed by atoms with Gasteiger partial charge in [-0.1, -0.05) is 0 Å². The van der Waals surface area contributed by atoms with Crippen molar-refractivity contribution < 1.29 is 23.5 Å². The molecule has 3 N–H and O–H groups in total. The molecule has 0 aromatic carbocycles. The predicted octanol–water partition coefficient (Wildman–Crippen LogP) is 0.168. The molecule has 1 aliphatic rings. The zero-order valence-corrected chi connectivity index (χ0v) is 7.22. The molecule has 0 radical (unpaired) electrons. The van der Waals surface area contributed by atoms with Crippen molar-refractivity contribution in [3.8, 4) is 0 Å². The van der Waals surface area contributed by atoms with Crippen molar-refractivity contribution in [2.75, 3.05) is 6.54 Å². The van der Waals surface area contributed by atoms with Crippen molar-refractivity contribution >= 4 is 12.0 Å². The highest BCUT2D eigenvalue weighted by Crippen LogP contribution is 2.35. The van der Waals surface area contributed by atoms with E-state index < -0.39 is 30.5 Å². The van der Waals surface area contributed by atoms with Crippen LogP contribution >= 0.6 is 0 Å². The summed E-state index contributed by atoms with van der Waals surface area (Å²) in [5.41, 5.74) is -1.23. The monoisotopic (exact) mass is 208 g/mol. The van der Waals surface area contributed by atoms with E-state index in [9.17, 15) is 18.4 Å². The number of alkyl halides is 2. The van der Waals surface area contributed by atoms with Crippen LogP contribution in [0.2, 0.25) is 0 Å². The second-order valence-electron chi connectivity index (χ2n) is 3.11. The maximum absolute atomic E-state index is 11.6. The number of halogens is 2. The molecule has 0 bridgehead atoms. The second kappa shape index (κ2) is 3.77. The number of hydrogen-bond acceptors (Lipinski definition) is 2. The van der Waals surface area contributed by atoms with Crippen molar-refractivity contribution in [1.29, 1.82) is 0 Å². The summed E-state index contributed by atoms with van der Waals surface area (Å²) in [6, 6.07) is -0.870. The minimum absolute atomic E-state index is 0.338. The van der Waals surface area contributed by atoms with Gasteiger partial charge in [0.2, 0.25) is 0 Å². The molecule has 1 saturated carbocycles. The fourth-order valence-corrected chi connectivity index (χ4v) is 0.949. The van der Waals surface area contributed by atoms with Gasteiger partial charge in [-0.3, -0.25) is 0 Å². The van der Waals surface area contributed by atoms with Crippen LogP contribution in [0.5, 0.6) is 0 Å². The van der Waals surface area contributed by atoms with E-state index in [2.05, 4.69) is 5.32 Å². The molecule has 0 aliphatic heterocycles. The van der Waals surface area contributed by atoms with E-state index in [1.807, 2.05) is 5.32 Å². The molecule has 0 heterocycles. The molecule has 1 fully saturated rings. The van der Waals surface area contributed by atoms with E-state index in [1.165, 1.54) is 0 Å². The number of carboxylic acids is 1. The lowest BCUT2D eigenvalue weighted by atomic mass is 10.3. The summed E-state index contributed by atoms with van der Waals surface area (Å²) in [5, 5.41) is 12.6. The molecular formula is C7H10F2N2O3. The van der Waals surface area contributed by atoms with Crippen LogP contribution in [0.1, 0.15) is 12.8 Å². The van der Waals surface area contributed by atoms with Crippen LogP contribution in [0.15, 0.2) is 0 Å². The standard InChI is InChI=1S/C7H10F2N2O3/c8-4(9)3-10-6(14)11-7(1-2-7)5(12)13/h4H,1-3H2,(H,12,13)(H2,10,11,14). The SMILES string of the molecule is O=C(NCC(F)F)NC1(C(=O)O)CC1. The van der Waals surface area contributed by atoms with Crippen molar-refractivity contribution in [2.45, 2.75) is 24.8 Å². The molecule has 80 valence electrons. The van der Waals surface area contributed by atoms with E-state index in [4.69, 9.17) is 5.11 Å². The Hall–Kier alpha value is -1.40. The predicted molar refractivity (Wildman–Crippen MR) is 42.1 cm³/mol. The average molecular weight is 208 g/mol. The van der Waals surface area contributed by atoms with Gasteiger partial charge in [0.25, 0.3) is 6.43 Å². The number of hydrogen-bond donors (Lipinski definition) is 3. The van der Waals surface area contributed by atoms with E-state index in [-0.39, 0.29) is 0 Å². The van der Waals surface area contributed by atoms with Crippen LogP contribution < -0.4 is 10.6 Å². The molecule has 1 rings (SSSR count). The average Bonchev–Trinajstić information content (AvgIpc) is 2.82. The van der Waals surface area contributed by atoms with Crippen molar-refractivity contribution in [2.24, 2.45) is 0 Å². The Labute approximate surface area is 78.5 Å². The van der Waals surface area contributed by atoms with Crippen LogP contribution in [0.25, 0.3) is 0 Å². The summed E-state index contributed by atoms with van der Waals surface area (Å²) >= 11 is 0. The zero-order valence-electron chi connectivity index (χ0n) is 7.22. The number of carbonyl (C=O) groups excluding carboxylic acids is 1. The van der Waals surface area contributed by atoms with Gasteiger partial charge >= 0.3 is 12.0 Å². The number of carbonyl (C=O) groups is 2. The minimum atomic E-state index is -2.64. The first-order chi connectivity index (χ1) is 6.46. The van der Waals surface area contributed by atoms with Gasteiger partial charge in [-0.25, -0.2) is 18.4 Å². The highest BCUT2D eigenvalue weighted by molar-refractivity contribution is 5.88. The molecule has 0 saturated heterocycles. The van der Waals surface area contributed by atoms with E-state index in [0.717, 1.165) is 0 Å². The van der Waals surface area contributed by atoms with E-state index in [1.54, 1.807) is 0 Å². The molecule has 0 aromatic heterocycles. The third-order valence-electron chi connectivity index (χ3n) is 1.93. The minimum Gasteiger partial charge on any atom is -0.480 e. The smallest absolute Gasteiger partial charge is 0.329 e. The topological polar surface area (TPSA) is 78.4 Å². The number of nitrogens with one attached hydrogen (secondary N) is 2. The molecule has 14 heavy (non-hydrogen) atoms. The Bertz CT molecular complexity index is 253. The number of rotatable bonds is 4. The van der Waals surface area contributed by atoms with Gasteiger partial charge in [0, 0.05) is 0 Å². The highest BCUT2D eigenvalue weighted by Gasteiger charge is 2.51. The number of urea groups is 1. The number of aliphatic carboxylic acids is 1. The lowest BCUT2D eigenvalue weighted by Gasteiger charge is -2.12. The van der Waals surface area contributed by atoms with Crippen molar-refractivity contribution in [3.63, 3.8) is 0 Å². The number of amides is 2. The zero-order chi connectivity index (χ0) is 10.8. The summed E-state index contributed by atoms with van der Waals surface area (Å²) in [5.74, 6) is -1.13. The van der Waals surface area contributed by atoms with Crippen molar-refractivity contribution in [3.05, 3.63) is 0 Å². The Morgan fingerprint density at radius 2 is 2.00 bits per heavy atom. The lowest BCUT2D eigenvalue weighted by Crippen LogP contribution is -2.48. The summed E-state index contributed by atoms with van der Waals surface area (Å²) in [4.78, 5) is 21.5. The summed E-state index contributed by atoms with van der Waals surface area (Å²) in [7, 11) is 0. The highest BCUT2D eigenvalue weighted by atomic mass is 19.3. The molecule has 0 unspecified atom stereocenters. The summed E-state index contributed by atoms with van der Waals surface area (Å²) in [6.07, 6.45) is -1.96. The van der Waals surface area contributed by atoms with Crippen LogP contribution in [-0.2, 0) is 4.79 Å². The van der Waals surface area contributed by atoms with Crippen LogP contribution in [0.4, 0.5) is 13.6 Å². The largest absolute Gasteiger partial charge is 0.480 e. The van der Waals surface area contributed by atoms with Gasteiger partial charge in [0.1, 0.15) is 5.54 Å². The summed E-state index contributed by atoms with van der Waals surface area (Å²) in [6.45, 7) is -0.776. The molecule has 0 spiro atoms. The fourth-order valence-electron chi connectivity index (χ4n) is 0.949. The Balaban J connectivity index is 2.31. The van der Waals surface area contributed by atoms with Crippen molar-refractivity contribution in [1.82, 2.24) is 10.6 Å². The third-order valence-corrected chi connectivity index (χ3v) is 1.93. The lowest BCUT2D eigenvalue weighted by molar-refractivity contribution is -0.140. The second-order valence-corrected chi connectivity index (χ2v) is 3.11. The van der Waals surface area contributed by atoms with E-state index in [0.29, 0.717) is 12.8 Å². The maximum atomic E-state index is 11.6. The normalized spacial score (nSPS) is 17.6. The fraction of sp³-hybridized carbons (Fsp3) is 0.714. The van der Waals surface area contributed by atoms with Gasteiger partial charge in [-0.05, 0) is 12.8 Å². The van der Waals surface area contributed by atoms with Gasteiger partial charge < -0.3 is 15.7 Å². The third kappa shape index (κ3) is 2.54. The molecule has 0 aromatic rings. The first-order valence-electron chi connectivity index (χ1n) is 4.04. The maximum Gasteiger partial charge on any atom is 0.329 e. The molecule has 2 amide bonds. The van der Waals surface area contributed by atoms with Crippen LogP contribution in [0.3, 0.4) is 0 Å². The Morgan fingerprint density at radius 3 is 2.36 bits per heavy atom. The molecule has 7 heteroatoms. The molecule has 1 aliphatic carbocycles. The summed E-state index contributed by atoms with van der Waals surface area (Å²) < 4.78 is 23.3. The molecular weight excluding hydrogens is 198 g/mol.